The van der Waals surface area contributed by atoms with Crippen molar-refractivity contribution in [3.8, 4) is 0 Å². The summed E-state index contributed by atoms with van der Waals surface area (Å²) in [4.78, 5) is 25.4. The lowest BCUT2D eigenvalue weighted by atomic mass is 10.1. The third kappa shape index (κ3) is 4.00. The maximum absolute atomic E-state index is 13.7. The van der Waals surface area contributed by atoms with E-state index in [1.807, 2.05) is 0 Å². The lowest BCUT2D eigenvalue weighted by Crippen LogP contribution is -2.22. The van der Waals surface area contributed by atoms with Crippen molar-refractivity contribution in [2.75, 3.05) is 19.4 Å². The smallest absolute Gasteiger partial charge is 0.258 e. The summed E-state index contributed by atoms with van der Waals surface area (Å²) in [7, 11) is 3.21. The second kappa shape index (κ2) is 6.98. The van der Waals surface area contributed by atoms with Gasteiger partial charge in [-0.3, -0.25) is 9.59 Å². The van der Waals surface area contributed by atoms with E-state index in [2.05, 4.69) is 5.32 Å². The van der Waals surface area contributed by atoms with Crippen LogP contribution in [0.15, 0.2) is 36.4 Å². The number of carbonyl (C=O) groups excluding carboxylic acids is 2. The number of nitrogens with one attached hydrogen (secondary N) is 1. The molecule has 0 saturated heterocycles. The Morgan fingerprint density at radius 2 is 1.74 bits per heavy atom. The number of amides is 2. The maximum atomic E-state index is 13.7. The highest BCUT2D eigenvalue weighted by molar-refractivity contribution is 6.34. The summed E-state index contributed by atoms with van der Waals surface area (Å²) >= 11 is 11.8. The highest BCUT2D eigenvalue weighted by atomic mass is 35.5. The quantitative estimate of drug-likeness (QED) is 0.902. The summed E-state index contributed by atoms with van der Waals surface area (Å²) in [6.45, 7) is 0. The lowest BCUT2D eigenvalue weighted by molar-refractivity contribution is 0.0827. The highest BCUT2D eigenvalue weighted by Crippen LogP contribution is 2.23. The van der Waals surface area contributed by atoms with E-state index < -0.39 is 11.7 Å². The zero-order chi connectivity index (χ0) is 17.1. The van der Waals surface area contributed by atoms with Gasteiger partial charge in [0.15, 0.2) is 0 Å². The predicted molar refractivity (Wildman–Crippen MR) is 88.8 cm³/mol. The molecule has 2 aromatic carbocycles. The van der Waals surface area contributed by atoms with Gasteiger partial charge in [0.25, 0.3) is 11.8 Å². The zero-order valence-electron chi connectivity index (χ0n) is 12.4. The molecule has 0 bridgehead atoms. The minimum absolute atomic E-state index is 0.179. The Bertz CT molecular complexity index is 779. The number of hydrogen-bond acceptors (Lipinski definition) is 2. The minimum Gasteiger partial charge on any atom is -0.345 e. The molecule has 0 heterocycles. The van der Waals surface area contributed by atoms with Crippen LogP contribution in [0.25, 0.3) is 0 Å². The van der Waals surface area contributed by atoms with Gasteiger partial charge < -0.3 is 10.2 Å². The maximum Gasteiger partial charge on any atom is 0.258 e. The third-order valence-corrected chi connectivity index (χ3v) is 3.58. The van der Waals surface area contributed by atoms with Crippen LogP contribution < -0.4 is 5.32 Å². The molecule has 2 aromatic rings. The first-order valence-electron chi connectivity index (χ1n) is 6.57. The van der Waals surface area contributed by atoms with Crippen molar-refractivity contribution in [1.29, 1.82) is 0 Å². The molecule has 0 aliphatic heterocycles. The summed E-state index contributed by atoms with van der Waals surface area (Å²) in [6.07, 6.45) is 0. The molecular weight excluding hydrogens is 342 g/mol. The highest BCUT2D eigenvalue weighted by Gasteiger charge is 2.15. The van der Waals surface area contributed by atoms with E-state index in [1.54, 1.807) is 14.1 Å². The van der Waals surface area contributed by atoms with E-state index in [0.717, 1.165) is 6.07 Å². The molecule has 1 N–H and O–H groups in total. The molecule has 120 valence electrons. The lowest BCUT2D eigenvalue weighted by Gasteiger charge is -2.13. The summed E-state index contributed by atoms with van der Waals surface area (Å²) in [5, 5.41) is 2.95. The van der Waals surface area contributed by atoms with Crippen molar-refractivity contribution in [2.24, 2.45) is 0 Å². The second-order valence-electron chi connectivity index (χ2n) is 4.97. The molecule has 0 radical (unpaired) electrons. The van der Waals surface area contributed by atoms with Crippen LogP contribution in [-0.2, 0) is 0 Å². The van der Waals surface area contributed by atoms with E-state index in [1.165, 1.54) is 35.2 Å². The fourth-order valence-electron chi connectivity index (χ4n) is 1.88. The number of benzene rings is 2. The van der Waals surface area contributed by atoms with Gasteiger partial charge in [-0.25, -0.2) is 4.39 Å². The molecule has 0 atom stereocenters. The summed E-state index contributed by atoms with van der Waals surface area (Å²) in [5.74, 6) is -1.60. The van der Waals surface area contributed by atoms with Crippen molar-refractivity contribution in [3.63, 3.8) is 0 Å². The average Bonchev–Trinajstić information content (AvgIpc) is 2.49. The van der Waals surface area contributed by atoms with Crippen LogP contribution in [0.4, 0.5) is 10.1 Å². The second-order valence-corrected chi connectivity index (χ2v) is 5.82. The molecule has 23 heavy (non-hydrogen) atoms. The van der Waals surface area contributed by atoms with Gasteiger partial charge >= 0.3 is 0 Å². The fourth-order valence-corrected chi connectivity index (χ4v) is 2.31. The van der Waals surface area contributed by atoms with Crippen molar-refractivity contribution in [1.82, 2.24) is 4.90 Å². The zero-order valence-corrected chi connectivity index (χ0v) is 13.9. The van der Waals surface area contributed by atoms with E-state index in [4.69, 9.17) is 23.2 Å². The molecule has 0 saturated carbocycles. The number of nitrogens with zero attached hydrogens (tertiary/aromatic N) is 1. The van der Waals surface area contributed by atoms with E-state index >= 15 is 0 Å². The van der Waals surface area contributed by atoms with E-state index in [0.29, 0.717) is 11.3 Å². The van der Waals surface area contributed by atoms with Crippen LogP contribution in [0.5, 0.6) is 0 Å². The molecule has 0 aliphatic carbocycles. The van der Waals surface area contributed by atoms with Gasteiger partial charge in [0.05, 0.1) is 16.1 Å². The van der Waals surface area contributed by atoms with Gasteiger partial charge in [0.2, 0.25) is 0 Å². The first-order chi connectivity index (χ1) is 10.8. The van der Waals surface area contributed by atoms with Crippen LogP contribution >= 0.6 is 23.2 Å². The number of rotatable bonds is 3. The van der Waals surface area contributed by atoms with Crippen molar-refractivity contribution in [2.45, 2.75) is 0 Å². The number of anilines is 1. The molecular formula is C16H13Cl2FN2O2. The molecule has 2 amide bonds. The van der Waals surface area contributed by atoms with Crippen molar-refractivity contribution in [3.05, 3.63) is 63.4 Å². The Kier molecular flexibility index (Phi) is 5.23. The topological polar surface area (TPSA) is 49.4 Å². The minimum atomic E-state index is -0.683. The number of halogens is 3. The Labute approximate surface area is 142 Å². The molecule has 0 aromatic heterocycles. The first-order valence-corrected chi connectivity index (χ1v) is 7.33. The largest absolute Gasteiger partial charge is 0.345 e. The molecule has 7 heteroatoms. The van der Waals surface area contributed by atoms with E-state index in [-0.39, 0.29) is 21.5 Å². The molecule has 0 aliphatic rings. The normalized spacial score (nSPS) is 10.3. The van der Waals surface area contributed by atoms with Crippen molar-refractivity contribution < 1.29 is 14.0 Å². The molecule has 0 unspecified atom stereocenters. The monoisotopic (exact) mass is 354 g/mol. The van der Waals surface area contributed by atoms with Crippen LogP contribution in [0.1, 0.15) is 20.7 Å². The number of carbonyl (C=O) groups is 2. The average molecular weight is 355 g/mol. The Balaban J connectivity index is 2.24. The fraction of sp³-hybridized carbons (Fsp3) is 0.125. The first kappa shape index (κ1) is 17.2. The molecule has 0 fully saturated rings. The van der Waals surface area contributed by atoms with Gasteiger partial charge in [-0.15, -0.1) is 0 Å². The Morgan fingerprint density at radius 1 is 1.04 bits per heavy atom. The van der Waals surface area contributed by atoms with Crippen molar-refractivity contribution >= 4 is 40.7 Å². The van der Waals surface area contributed by atoms with Crippen LogP contribution in [0.3, 0.4) is 0 Å². The van der Waals surface area contributed by atoms with Crippen LogP contribution in [0, 0.1) is 5.82 Å². The predicted octanol–water partition coefficient (Wildman–Crippen LogP) is 4.09. The molecule has 0 spiro atoms. The van der Waals surface area contributed by atoms with Gasteiger partial charge in [0.1, 0.15) is 5.82 Å². The SMILES string of the molecule is CN(C)C(=O)c1ccc(NC(=O)c2cc(Cl)ccc2F)cc1Cl. The number of hydrogen-bond donors (Lipinski definition) is 1. The molecule has 2 rings (SSSR count). The van der Waals surface area contributed by atoms with E-state index in [9.17, 15) is 14.0 Å². The van der Waals surface area contributed by atoms with Crippen LogP contribution in [0.2, 0.25) is 10.0 Å². The molecule has 4 nitrogen and oxygen atoms in total. The van der Waals surface area contributed by atoms with Crippen LogP contribution in [-0.4, -0.2) is 30.8 Å². The van der Waals surface area contributed by atoms with Gasteiger partial charge in [-0.1, -0.05) is 23.2 Å². The Hall–Kier alpha value is -2.11. The van der Waals surface area contributed by atoms with Gasteiger partial charge in [-0.2, -0.15) is 0 Å². The van der Waals surface area contributed by atoms with Gasteiger partial charge in [0, 0.05) is 24.8 Å². The summed E-state index contributed by atoms with van der Waals surface area (Å²) in [6, 6.07) is 8.14. The standard InChI is InChI=1S/C16H13Cl2FN2O2/c1-21(2)16(23)11-5-4-10(8-13(11)18)20-15(22)12-7-9(17)3-6-14(12)19/h3-8H,1-2H3,(H,20,22). The third-order valence-electron chi connectivity index (χ3n) is 3.04. The Morgan fingerprint density at radius 3 is 2.35 bits per heavy atom. The summed E-state index contributed by atoms with van der Waals surface area (Å²) in [5.41, 5.74) is 0.473. The van der Waals surface area contributed by atoms with Gasteiger partial charge in [-0.05, 0) is 36.4 Å². The summed E-state index contributed by atoms with van der Waals surface area (Å²) < 4.78 is 13.7.